The Labute approximate surface area is 133 Å². The number of hydrogen-bond donors (Lipinski definition) is 0. The molecule has 3 nitrogen and oxygen atoms in total. The maximum atomic E-state index is 6.26. The van der Waals surface area contributed by atoms with Gasteiger partial charge in [0.2, 0.25) is 0 Å². The second kappa shape index (κ2) is 8.11. The maximum Gasteiger partial charge on any atom is 0.0621 e. The average Bonchev–Trinajstić information content (AvgIpc) is 2.53. The summed E-state index contributed by atoms with van der Waals surface area (Å²) in [6.07, 6.45) is 8.53. The van der Waals surface area contributed by atoms with E-state index in [4.69, 9.17) is 16.3 Å². The zero-order valence-electron chi connectivity index (χ0n) is 13.4. The van der Waals surface area contributed by atoms with E-state index in [2.05, 4.69) is 29.8 Å². The standard InChI is InChI=1S/C17H27ClN2O/c1-4-14(11-15-5-8-19-12-17(15)18)13(2)20-9-6-16(21-3)7-10-20/h5,8,12-14,16H,4,6-7,9-11H2,1-3H3. The largest absolute Gasteiger partial charge is 0.381 e. The highest BCUT2D eigenvalue weighted by atomic mass is 35.5. The molecule has 0 aliphatic carbocycles. The molecule has 0 amide bonds. The number of hydrogen-bond acceptors (Lipinski definition) is 3. The zero-order chi connectivity index (χ0) is 15.2. The van der Waals surface area contributed by atoms with Gasteiger partial charge in [-0.1, -0.05) is 24.9 Å². The summed E-state index contributed by atoms with van der Waals surface area (Å²) in [7, 11) is 1.82. The topological polar surface area (TPSA) is 25.4 Å². The van der Waals surface area contributed by atoms with Crippen molar-refractivity contribution in [1.82, 2.24) is 9.88 Å². The normalized spacial score (nSPS) is 20.4. The Hall–Kier alpha value is -0.640. The monoisotopic (exact) mass is 310 g/mol. The fraction of sp³-hybridized carbons (Fsp3) is 0.706. The van der Waals surface area contributed by atoms with Crippen LogP contribution in [0.4, 0.5) is 0 Å². The SMILES string of the molecule is CCC(Cc1ccncc1Cl)C(C)N1CCC(OC)CC1. The first kappa shape index (κ1) is 16.7. The smallest absolute Gasteiger partial charge is 0.0621 e. The van der Waals surface area contributed by atoms with Crippen molar-refractivity contribution >= 4 is 11.6 Å². The zero-order valence-corrected chi connectivity index (χ0v) is 14.1. The molecule has 1 fully saturated rings. The van der Waals surface area contributed by atoms with Crippen molar-refractivity contribution in [2.24, 2.45) is 5.92 Å². The van der Waals surface area contributed by atoms with E-state index >= 15 is 0 Å². The molecule has 1 aromatic rings. The molecule has 0 radical (unpaired) electrons. The first-order chi connectivity index (χ1) is 10.2. The molecule has 1 saturated heterocycles. The Kier molecular flexibility index (Phi) is 6.46. The van der Waals surface area contributed by atoms with Gasteiger partial charge in [0.15, 0.2) is 0 Å². The van der Waals surface area contributed by atoms with Crippen molar-refractivity contribution in [1.29, 1.82) is 0 Å². The summed E-state index contributed by atoms with van der Waals surface area (Å²) in [5, 5.41) is 0.793. The number of rotatable bonds is 6. The van der Waals surface area contributed by atoms with Crippen molar-refractivity contribution in [3.05, 3.63) is 29.0 Å². The van der Waals surface area contributed by atoms with Crippen molar-refractivity contribution in [2.45, 2.75) is 51.7 Å². The fourth-order valence-electron chi connectivity index (χ4n) is 3.32. The predicted molar refractivity (Wildman–Crippen MR) is 87.8 cm³/mol. The fourth-order valence-corrected chi connectivity index (χ4v) is 3.52. The Morgan fingerprint density at radius 3 is 2.71 bits per heavy atom. The van der Waals surface area contributed by atoms with Gasteiger partial charge >= 0.3 is 0 Å². The number of nitrogens with zero attached hydrogens (tertiary/aromatic N) is 2. The van der Waals surface area contributed by atoms with Gasteiger partial charge < -0.3 is 9.64 Å². The minimum absolute atomic E-state index is 0.447. The van der Waals surface area contributed by atoms with Gasteiger partial charge in [0.25, 0.3) is 0 Å². The molecule has 1 aliphatic heterocycles. The molecular weight excluding hydrogens is 284 g/mol. The minimum Gasteiger partial charge on any atom is -0.381 e. The second-order valence-corrected chi connectivity index (χ2v) is 6.46. The van der Waals surface area contributed by atoms with E-state index in [0.717, 1.165) is 37.4 Å². The molecule has 118 valence electrons. The van der Waals surface area contributed by atoms with Crippen LogP contribution in [0.3, 0.4) is 0 Å². The van der Waals surface area contributed by atoms with Gasteiger partial charge in [-0.15, -0.1) is 0 Å². The van der Waals surface area contributed by atoms with Crippen LogP contribution in [-0.4, -0.2) is 42.2 Å². The van der Waals surface area contributed by atoms with E-state index in [-0.39, 0.29) is 0 Å². The highest BCUT2D eigenvalue weighted by Gasteiger charge is 2.27. The molecule has 2 heterocycles. The van der Waals surface area contributed by atoms with Gasteiger partial charge in [-0.3, -0.25) is 4.98 Å². The van der Waals surface area contributed by atoms with Crippen LogP contribution in [0.15, 0.2) is 18.5 Å². The number of ether oxygens (including phenoxy) is 1. The molecule has 1 aromatic heterocycles. The van der Waals surface area contributed by atoms with Gasteiger partial charge in [0, 0.05) is 38.6 Å². The highest BCUT2D eigenvalue weighted by molar-refractivity contribution is 6.31. The highest BCUT2D eigenvalue weighted by Crippen LogP contribution is 2.26. The Balaban J connectivity index is 1.96. The number of pyridine rings is 1. The maximum absolute atomic E-state index is 6.26. The van der Waals surface area contributed by atoms with Gasteiger partial charge in [0.1, 0.15) is 0 Å². The van der Waals surface area contributed by atoms with E-state index in [9.17, 15) is 0 Å². The van der Waals surface area contributed by atoms with Gasteiger partial charge in [-0.05, 0) is 43.7 Å². The first-order valence-electron chi connectivity index (χ1n) is 8.01. The average molecular weight is 311 g/mol. The van der Waals surface area contributed by atoms with E-state index in [0.29, 0.717) is 18.1 Å². The molecule has 0 spiro atoms. The molecule has 2 atom stereocenters. The number of likely N-dealkylation sites (tertiary alicyclic amines) is 1. The van der Waals surface area contributed by atoms with Crippen LogP contribution in [0, 0.1) is 5.92 Å². The number of methoxy groups -OCH3 is 1. The van der Waals surface area contributed by atoms with Gasteiger partial charge in [0.05, 0.1) is 11.1 Å². The lowest BCUT2D eigenvalue weighted by Crippen LogP contribution is -2.45. The Morgan fingerprint density at radius 2 is 2.14 bits per heavy atom. The van der Waals surface area contributed by atoms with E-state index in [1.54, 1.807) is 6.20 Å². The Morgan fingerprint density at radius 1 is 1.43 bits per heavy atom. The lowest BCUT2D eigenvalue weighted by atomic mass is 9.89. The summed E-state index contributed by atoms with van der Waals surface area (Å²) in [6, 6.07) is 2.63. The number of halogens is 1. The lowest BCUT2D eigenvalue weighted by molar-refractivity contribution is 0.0196. The summed E-state index contributed by atoms with van der Waals surface area (Å²) in [6.45, 7) is 6.91. The summed E-state index contributed by atoms with van der Waals surface area (Å²) < 4.78 is 5.47. The van der Waals surface area contributed by atoms with Crippen LogP contribution in [0.1, 0.15) is 38.7 Å². The molecule has 0 aromatic carbocycles. The van der Waals surface area contributed by atoms with Crippen LogP contribution >= 0.6 is 11.6 Å². The third-order valence-corrected chi connectivity index (χ3v) is 5.27. The quantitative estimate of drug-likeness (QED) is 0.799. The van der Waals surface area contributed by atoms with Crippen LogP contribution in [0.5, 0.6) is 0 Å². The molecule has 0 bridgehead atoms. The van der Waals surface area contributed by atoms with E-state index in [1.165, 1.54) is 12.0 Å². The third kappa shape index (κ3) is 4.41. The van der Waals surface area contributed by atoms with Crippen LogP contribution in [0.25, 0.3) is 0 Å². The Bertz CT molecular complexity index is 433. The van der Waals surface area contributed by atoms with Crippen molar-refractivity contribution in [2.75, 3.05) is 20.2 Å². The summed E-state index contributed by atoms with van der Waals surface area (Å²) in [5.41, 5.74) is 1.22. The number of piperidine rings is 1. The molecule has 2 unspecified atom stereocenters. The van der Waals surface area contributed by atoms with Crippen molar-refractivity contribution < 1.29 is 4.74 Å². The van der Waals surface area contributed by atoms with Crippen LogP contribution < -0.4 is 0 Å². The molecular formula is C17H27ClN2O. The molecule has 0 N–H and O–H groups in total. The third-order valence-electron chi connectivity index (χ3n) is 4.93. The number of aromatic nitrogens is 1. The van der Waals surface area contributed by atoms with E-state index in [1.807, 2.05) is 13.3 Å². The summed E-state index contributed by atoms with van der Waals surface area (Å²) >= 11 is 6.26. The van der Waals surface area contributed by atoms with E-state index < -0.39 is 0 Å². The first-order valence-corrected chi connectivity index (χ1v) is 8.38. The summed E-state index contributed by atoms with van der Waals surface area (Å²) in [4.78, 5) is 6.68. The van der Waals surface area contributed by atoms with Crippen LogP contribution in [-0.2, 0) is 11.2 Å². The van der Waals surface area contributed by atoms with Crippen LogP contribution in [0.2, 0.25) is 5.02 Å². The summed E-state index contributed by atoms with van der Waals surface area (Å²) in [5.74, 6) is 0.629. The molecule has 21 heavy (non-hydrogen) atoms. The molecule has 4 heteroatoms. The minimum atomic E-state index is 0.447. The molecule has 0 saturated carbocycles. The van der Waals surface area contributed by atoms with Crippen molar-refractivity contribution in [3.8, 4) is 0 Å². The second-order valence-electron chi connectivity index (χ2n) is 6.05. The predicted octanol–water partition coefficient (Wildman–Crippen LogP) is 3.80. The molecule has 2 rings (SSSR count). The van der Waals surface area contributed by atoms with Gasteiger partial charge in [-0.25, -0.2) is 0 Å². The van der Waals surface area contributed by atoms with Gasteiger partial charge in [-0.2, -0.15) is 0 Å². The molecule has 1 aliphatic rings. The van der Waals surface area contributed by atoms with Crippen molar-refractivity contribution in [3.63, 3.8) is 0 Å². The lowest BCUT2D eigenvalue weighted by Gasteiger charge is -2.39.